The normalized spacial score (nSPS) is 12.0. The van der Waals surface area contributed by atoms with Crippen molar-refractivity contribution in [3.63, 3.8) is 0 Å². The monoisotopic (exact) mass is 469 g/mol. The van der Waals surface area contributed by atoms with Crippen molar-refractivity contribution in [1.82, 2.24) is 19.5 Å². The maximum Gasteiger partial charge on any atom is 0.330 e. The second-order valence-electron chi connectivity index (χ2n) is 8.34. The minimum Gasteiger partial charge on any atom is -0.472 e. The van der Waals surface area contributed by atoms with Crippen molar-refractivity contribution in [2.75, 3.05) is 5.32 Å². The highest BCUT2D eigenvalue weighted by Gasteiger charge is 2.22. The van der Waals surface area contributed by atoms with E-state index in [1.807, 2.05) is 54.6 Å². The summed E-state index contributed by atoms with van der Waals surface area (Å²) in [6.45, 7) is 1.67. The predicted molar refractivity (Wildman–Crippen MR) is 132 cm³/mol. The molecule has 5 aromatic rings. The number of furan rings is 1. The van der Waals surface area contributed by atoms with Gasteiger partial charge in [0.2, 0.25) is 5.91 Å². The number of nitrogens with zero attached hydrogens (tertiary/aromatic N) is 2. The van der Waals surface area contributed by atoms with Gasteiger partial charge in [0.25, 0.3) is 5.56 Å². The van der Waals surface area contributed by atoms with Gasteiger partial charge in [-0.05, 0) is 35.7 Å². The van der Waals surface area contributed by atoms with Crippen LogP contribution in [0.5, 0.6) is 0 Å². The third-order valence-electron chi connectivity index (χ3n) is 5.82. The van der Waals surface area contributed by atoms with Crippen molar-refractivity contribution < 1.29 is 9.21 Å². The summed E-state index contributed by atoms with van der Waals surface area (Å²) in [6, 6.07) is 19.2. The highest BCUT2D eigenvalue weighted by Crippen LogP contribution is 2.29. The van der Waals surface area contributed by atoms with E-state index in [0.29, 0.717) is 17.9 Å². The summed E-state index contributed by atoms with van der Waals surface area (Å²) in [5.74, 6) is 0.187. The number of hydrogen-bond donors (Lipinski definition) is 3. The minimum absolute atomic E-state index is 0.148. The lowest BCUT2D eigenvalue weighted by Crippen LogP contribution is -2.30. The number of benzene rings is 2. The van der Waals surface area contributed by atoms with E-state index in [1.165, 1.54) is 17.8 Å². The fraction of sp³-hybridized carbons (Fsp3) is 0.154. The Labute approximate surface area is 199 Å². The van der Waals surface area contributed by atoms with E-state index in [9.17, 15) is 14.4 Å². The molecule has 5 rings (SSSR count). The Kier molecular flexibility index (Phi) is 5.88. The maximum atomic E-state index is 12.6. The molecule has 0 spiro atoms. The number of carbonyl (C=O) groups excluding carboxylic acids is 1. The summed E-state index contributed by atoms with van der Waals surface area (Å²) in [7, 11) is 0. The molecular weight excluding hydrogens is 446 g/mol. The number of aromatic amines is 2. The lowest BCUT2D eigenvalue weighted by molar-refractivity contribution is -0.114. The topological polar surface area (TPSA) is 126 Å². The molecule has 0 saturated heterocycles. The average Bonchev–Trinajstić information content (AvgIpc) is 3.52. The number of amides is 1. The Morgan fingerprint density at radius 3 is 2.49 bits per heavy atom. The van der Waals surface area contributed by atoms with Crippen LogP contribution in [0.4, 0.5) is 5.69 Å². The lowest BCUT2D eigenvalue weighted by Gasteiger charge is -2.16. The summed E-state index contributed by atoms with van der Waals surface area (Å²) in [5, 5.41) is 2.77. The van der Waals surface area contributed by atoms with Crippen molar-refractivity contribution >= 4 is 22.8 Å². The molecular formula is C26H23N5O4. The van der Waals surface area contributed by atoms with E-state index in [1.54, 1.807) is 12.3 Å². The molecule has 1 atom stereocenters. The van der Waals surface area contributed by atoms with Gasteiger partial charge in [0, 0.05) is 24.1 Å². The zero-order valence-electron chi connectivity index (χ0n) is 18.9. The van der Waals surface area contributed by atoms with E-state index in [0.717, 1.165) is 16.7 Å². The average molecular weight is 470 g/mol. The fourth-order valence-electron chi connectivity index (χ4n) is 4.16. The number of carbonyl (C=O) groups is 1. The Balaban J connectivity index is 1.61. The van der Waals surface area contributed by atoms with Gasteiger partial charge in [-0.15, -0.1) is 0 Å². The van der Waals surface area contributed by atoms with Gasteiger partial charge in [-0.1, -0.05) is 42.5 Å². The maximum absolute atomic E-state index is 12.6. The van der Waals surface area contributed by atoms with E-state index in [-0.39, 0.29) is 29.5 Å². The number of fused-ring (bicyclic) bond motifs is 1. The molecule has 0 bridgehead atoms. The Morgan fingerprint density at radius 1 is 1.03 bits per heavy atom. The molecule has 35 heavy (non-hydrogen) atoms. The van der Waals surface area contributed by atoms with E-state index < -0.39 is 11.2 Å². The van der Waals surface area contributed by atoms with Crippen LogP contribution in [-0.4, -0.2) is 25.4 Å². The van der Waals surface area contributed by atoms with Gasteiger partial charge >= 0.3 is 5.69 Å². The molecule has 3 heterocycles. The largest absolute Gasteiger partial charge is 0.472 e. The Hall–Kier alpha value is -4.66. The first-order chi connectivity index (χ1) is 17.0. The summed E-state index contributed by atoms with van der Waals surface area (Å²) < 4.78 is 6.54. The molecule has 2 aromatic carbocycles. The van der Waals surface area contributed by atoms with E-state index in [2.05, 4.69) is 15.3 Å². The summed E-state index contributed by atoms with van der Waals surface area (Å²) >= 11 is 0. The zero-order chi connectivity index (χ0) is 24.4. The molecule has 9 heteroatoms. The van der Waals surface area contributed by atoms with Crippen LogP contribution in [-0.2, 0) is 17.8 Å². The number of anilines is 1. The van der Waals surface area contributed by atoms with Gasteiger partial charge in [-0.25, -0.2) is 9.78 Å². The van der Waals surface area contributed by atoms with Crippen LogP contribution in [0.1, 0.15) is 35.4 Å². The van der Waals surface area contributed by atoms with Crippen LogP contribution in [0.2, 0.25) is 0 Å². The second-order valence-corrected chi connectivity index (χ2v) is 8.34. The molecule has 0 aliphatic heterocycles. The molecule has 0 fully saturated rings. The molecule has 176 valence electrons. The SMILES string of the molecule is CC(=O)Nc1ccc(C(Cc2ccccc2)c2nc3c([nH]2)c(=O)[nH]c(=O)n3Cc2ccoc2)cc1. The van der Waals surface area contributed by atoms with Gasteiger partial charge in [-0.3, -0.25) is 19.1 Å². The summed E-state index contributed by atoms with van der Waals surface area (Å²) in [5.41, 5.74) is 2.96. The third kappa shape index (κ3) is 4.70. The lowest BCUT2D eigenvalue weighted by atomic mass is 9.91. The van der Waals surface area contributed by atoms with Crippen molar-refractivity contribution in [3.05, 3.63) is 117 Å². The smallest absolute Gasteiger partial charge is 0.330 e. The van der Waals surface area contributed by atoms with E-state index >= 15 is 0 Å². The van der Waals surface area contributed by atoms with Crippen molar-refractivity contribution in [1.29, 1.82) is 0 Å². The first-order valence-corrected chi connectivity index (χ1v) is 11.1. The van der Waals surface area contributed by atoms with Crippen LogP contribution in [0.3, 0.4) is 0 Å². The van der Waals surface area contributed by atoms with Gasteiger partial charge < -0.3 is 14.7 Å². The molecule has 0 aliphatic rings. The van der Waals surface area contributed by atoms with Gasteiger partial charge in [-0.2, -0.15) is 0 Å². The number of aromatic nitrogens is 4. The first-order valence-electron chi connectivity index (χ1n) is 11.1. The van der Waals surface area contributed by atoms with E-state index in [4.69, 9.17) is 9.40 Å². The van der Waals surface area contributed by atoms with Gasteiger partial charge in [0.05, 0.1) is 19.1 Å². The number of rotatable bonds is 7. The summed E-state index contributed by atoms with van der Waals surface area (Å²) in [4.78, 5) is 47.0. The van der Waals surface area contributed by atoms with Gasteiger partial charge in [0.15, 0.2) is 5.65 Å². The second kappa shape index (κ2) is 9.30. The summed E-state index contributed by atoms with van der Waals surface area (Å²) in [6.07, 6.45) is 3.69. The Bertz CT molecular complexity index is 1580. The van der Waals surface area contributed by atoms with Crippen LogP contribution >= 0.6 is 0 Å². The molecule has 9 nitrogen and oxygen atoms in total. The van der Waals surface area contributed by atoms with Crippen LogP contribution < -0.4 is 16.6 Å². The van der Waals surface area contributed by atoms with Gasteiger partial charge in [0.1, 0.15) is 11.3 Å². The Morgan fingerprint density at radius 2 is 1.80 bits per heavy atom. The molecule has 1 amide bonds. The molecule has 0 radical (unpaired) electrons. The fourth-order valence-corrected chi connectivity index (χ4v) is 4.16. The predicted octanol–water partition coefficient (Wildman–Crippen LogP) is 3.39. The molecule has 3 N–H and O–H groups in total. The van der Waals surface area contributed by atoms with Crippen molar-refractivity contribution in [2.45, 2.75) is 25.8 Å². The number of nitrogens with one attached hydrogen (secondary N) is 3. The van der Waals surface area contributed by atoms with Crippen molar-refractivity contribution in [3.8, 4) is 0 Å². The zero-order valence-corrected chi connectivity index (χ0v) is 18.9. The third-order valence-corrected chi connectivity index (χ3v) is 5.82. The van der Waals surface area contributed by atoms with Crippen molar-refractivity contribution in [2.24, 2.45) is 0 Å². The molecule has 1 unspecified atom stereocenters. The van der Waals surface area contributed by atoms with Crippen LogP contribution in [0.15, 0.2) is 87.2 Å². The first kappa shape index (κ1) is 22.1. The molecule has 0 aliphatic carbocycles. The molecule has 0 saturated carbocycles. The van der Waals surface area contributed by atoms with Crippen LogP contribution in [0.25, 0.3) is 11.2 Å². The van der Waals surface area contributed by atoms with Crippen LogP contribution in [0, 0.1) is 0 Å². The minimum atomic E-state index is -0.541. The number of imidazole rings is 1. The standard InChI is InChI=1S/C26H23N5O4/c1-16(32)27-20-9-7-19(8-10-20)21(13-17-5-3-2-4-6-17)23-28-22-24(29-23)31(26(34)30-25(22)33)14-18-11-12-35-15-18/h2-12,15,21H,13-14H2,1H3,(H,27,32)(H,28,29)(H,30,33,34). The molecule has 3 aromatic heterocycles. The quantitative estimate of drug-likeness (QED) is 0.337. The highest BCUT2D eigenvalue weighted by atomic mass is 16.3. The number of hydrogen-bond acceptors (Lipinski definition) is 5. The highest BCUT2D eigenvalue weighted by molar-refractivity contribution is 5.88. The number of H-pyrrole nitrogens is 2.